The van der Waals surface area contributed by atoms with E-state index in [9.17, 15) is 9.59 Å². The largest absolute Gasteiger partial charge is 0.336 e. The van der Waals surface area contributed by atoms with Crippen LogP contribution in [0.1, 0.15) is 43.4 Å². The highest BCUT2D eigenvalue weighted by molar-refractivity contribution is 5.95. The fourth-order valence-corrected chi connectivity index (χ4v) is 2.67. The minimum atomic E-state index is -0.224. The van der Waals surface area contributed by atoms with E-state index in [1.165, 1.54) is 10.5 Å². The third kappa shape index (κ3) is 5.93. The number of benzene rings is 1. The summed E-state index contributed by atoms with van der Waals surface area (Å²) in [5.41, 5.74) is 4.05. The second-order valence-corrected chi connectivity index (χ2v) is 6.32. The first kappa shape index (κ1) is 19.0. The van der Waals surface area contributed by atoms with Crippen LogP contribution in [-0.2, 0) is 4.79 Å². The average Bonchev–Trinajstić information content (AvgIpc) is 2.42. The van der Waals surface area contributed by atoms with E-state index in [2.05, 4.69) is 17.6 Å². The number of likely N-dealkylation sites (N-methyl/N-ethyl adjacent to an activating group) is 1. The predicted molar refractivity (Wildman–Crippen MR) is 94.8 cm³/mol. The lowest BCUT2D eigenvalue weighted by atomic mass is 10.1. The van der Waals surface area contributed by atoms with E-state index >= 15 is 0 Å². The average molecular weight is 319 g/mol. The zero-order valence-corrected chi connectivity index (χ0v) is 15.1. The zero-order valence-electron chi connectivity index (χ0n) is 15.1. The van der Waals surface area contributed by atoms with Crippen LogP contribution in [-0.4, -0.2) is 36.5 Å². The van der Waals surface area contributed by atoms with Crippen molar-refractivity contribution in [2.75, 3.05) is 18.9 Å². The molecule has 0 aliphatic rings. The highest BCUT2D eigenvalue weighted by Gasteiger charge is 2.16. The van der Waals surface area contributed by atoms with Crippen molar-refractivity contribution in [2.24, 2.45) is 0 Å². The van der Waals surface area contributed by atoms with Crippen LogP contribution in [0.25, 0.3) is 0 Å². The summed E-state index contributed by atoms with van der Waals surface area (Å²) in [4.78, 5) is 25.6. The van der Waals surface area contributed by atoms with Crippen molar-refractivity contribution in [1.29, 1.82) is 0 Å². The second kappa shape index (κ2) is 8.56. The summed E-state index contributed by atoms with van der Waals surface area (Å²) in [6.45, 7) is 10.0. The summed E-state index contributed by atoms with van der Waals surface area (Å²) < 4.78 is 0. The monoisotopic (exact) mass is 319 g/mol. The van der Waals surface area contributed by atoms with Gasteiger partial charge in [0.05, 0.1) is 0 Å². The van der Waals surface area contributed by atoms with Gasteiger partial charge >= 0.3 is 6.03 Å². The number of amides is 3. The molecule has 0 fully saturated rings. The van der Waals surface area contributed by atoms with Crippen molar-refractivity contribution in [2.45, 2.75) is 53.5 Å². The van der Waals surface area contributed by atoms with Crippen LogP contribution in [0.15, 0.2) is 12.1 Å². The Bertz CT molecular complexity index is 546. The van der Waals surface area contributed by atoms with Crippen LogP contribution in [0.4, 0.5) is 10.5 Å². The highest BCUT2D eigenvalue weighted by atomic mass is 16.2. The van der Waals surface area contributed by atoms with E-state index in [4.69, 9.17) is 0 Å². The van der Waals surface area contributed by atoms with Gasteiger partial charge in [-0.2, -0.15) is 0 Å². The first-order valence-corrected chi connectivity index (χ1v) is 8.13. The van der Waals surface area contributed by atoms with Crippen molar-refractivity contribution in [3.8, 4) is 0 Å². The van der Waals surface area contributed by atoms with E-state index in [0.29, 0.717) is 0 Å². The van der Waals surface area contributed by atoms with E-state index in [1.807, 2.05) is 39.8 Å². The van der Waals surface area contributed by atoms with E-state index in [0.717, 1.165) is 29.7 Å². The number of rotatable bonds is 6. The fourth-order valence-electron chi connectivity index (χ4n) is 2.67. The first-order valence-electron chi connectivity index (χ1n) is 8.13. The maximum atomic E-state index is 12.2. The minimum Gasteiger partial charge on any atom is -0.336 e. The Kier molecular flexibility index (Phi) is 7.07. The van der Waals surface area contributed by atoms with E-state index < -0.39 is 0 Å². The molecule has 128 valence electrons. The van der Waals surface area contributed by atoms with Gasteiger partial charge in [0.1, 0.15) is 6.54 Å². The molecule has 5 nitrogen and oxygen atoms in total. The molecule has 23 heavy (non-hydrogen) atoms. The number of hydrogen-bond donors (Lipinski definition) is 2. The molecule has 1 aromatic rings. The topological polar surface area (TPSA) is 61.4 Å². The van der Waals surface area contributed by atoms with Crippen molar-refractivity contribution >= 4 is 17.6 Å². The molecule has 0 spiro atoms. The molecule has 0 saturated heterocycles. The standard InChI is InChI=1S/C18H29N3O2/c1-7-8-15(5)19-18(23)21(6)11-16(22)20-17-13(3)9-12(2)10-14(17)4/h9-10,15H,7-8,11H2,1-6H3,(H,19,23)(H,20,22). The molecule has 0 aliphatic carbocycles. The number of nitrogens with one attached hydrogen (secondary N) is 2. The summed E-state index contributed by atoms with van der Waals surface area (Å²) >= 11 is 0. The third-order valence-corrected chi connectivity index (χ3v) is 3.76. The van der Waals surface area contributed by atoms with Crippen molar-refractivity contribution < 1.29 is 9.59 Å². The number of carbonyl (C=O) groups excluding carboxylic acids is 2. The summed E-state index contributed by atoms with van der Waals surface area (Å²) in [7, 11) is 1.63. The molecule has 0 bridgehead atoms. The molecule has 0 radical (unpaired) electrons. The summed E-state index contributed by atoms with van der Waals surface area (Å²) in [6, 6.07) is 3.95. The van der Waals surface area contributed by atoms with Gasteiger partial charge in [-0.15, -0.1) is 0 Å². The second-order valence-electron chi connectivity index (χ2n) is 6.32. The van der Waals surface area contributed by atoms with E-state index in [-0.39, 0.29) is 24.5 Å². The van der Waals surface area contributed by atoms with Gasteiger partial charge in [0.25, 0.3) is 0 Å². The number of hydrogen-bond acceptors (Lipinski definition) is 2. The Morgan fingerprint density at radius 3 is 2.26 bits per heavy atom. The quantitative estimate of drug-likeness (QED) is 0.844. The molecule has 1 unspecified atom stereocenters. The summed E-state index contributed by atoms with van der Waals surface area (Å²) in [5.74, 6) is -0.194. The molecule has 2 N–H and O–H groups in total. The lowest BCUT2D eigenvalue weighted by Gasteiger charge is -2.21. The van der Waals surface area contributed by atoms with Gasteiger partial charge in [0.15, 0.2) is 0 Å². The SMILES string of the molecule is CCCC(C)NC(=O)N(C)CC(=O)Nc1c(C)cc(C)cc1C. The van der Waals surface area contributed by atoms with Gasteiger partial charge in [0.2, 0.25) is 5.91 Å². The first-order chi connectivity index (χ1) is 10.7. The van der Waals surface area contributed by atoms with E-state index in [1.54, 1.807) is 7.05 Å². The molecule has 0 saturated carbocycles. The molecule has 3 amide bonds. The summed E-state index contributed by atoms with van der Waals surface area (Å²) in [5, 5.41) is 5.80. The van der Waals surface area contributed by atoms with Gasteiger partial charge < -0.3 is 15.5 Å². The molecule has 0 aromatic heterocycles. The number of carbonyl (C=O) groups is 2. The van der Waals surface area contributed by atoms with Crippen LogP contribution in [0.5, 0.6) is 0 Å². The normalized spacial score (nSPS) is 11.7. The smallest absolute Gasteiger partial charge is 0.317 e. The molecule has 0 aliphatic heterocycles. The Balaban J connectivity index is 2.61. The maximum absolute atomic E-state index is 12.2. The van der Waals surface area contributed by atoms with Crippen LogP contribution < -0.4 is 10.6 Å². The van der Waals surface area contributed by atoms with Gasteiger partial charge in [-0.1, -0.05) is 31.0 Å². The van der Waals surface area contributed by atoms with Gasteiger partial charge in [0, 0.05) is 18.8 Å². The molecule has 1 rings (SSSR count). The fraction of sp³-hybridized carbons (Fsp3) is 0.556. The molecule has 1 aromatic carbocycles. The molecule has 1 atom stereocenters. The lowest BCUT2D eigenvalue weighted by molar-refractivity contribution is -0.116. The van der Waals surface area contributed by atoms with Crippen molar-refractivity contribution in [1.82, 2.24) is 10.2 Å². The molecule has 0 heterocycles. The zero-order chi connectivity index (χ0) is 17.6. The number of anilines is 1. The summed E-state index contributed by atoms with van der Waals surface area (Å²) in [6.07, 6.45) is 1.94. The Labute approximate surface area is 139 Å². The van der Waals surface area contributed by atoms with Gasteiger partial charge in [-0.05, 0) is 45.2 Å². The number of urea groups is 1. The van der Waals surface area contributed by atoms with Crippen molar-refractivity contribution in [3.05, 3.63) is 28.8 Å². The van der Waals surface area contributed by atoms with Crippen LogP contribution in [0, 0.1) is 20.8 Å². The Morgan fingerprint density at radius 1 is 1.17 bits per heavy atom. The lowest BCUT2D eigenvalue weighted by Crippen LogP contribution is -2.44. The third-order valence-electron chi connectivity index (χ3n) is 3.76. The Morgan fingerprint density at radius 2 is 1.74 bits per heavy atom. The Hall–Kier alpha value is -2.04. The number of nitrogens with zero attached hydrogens (tertiary/aromatic N) is 1. The minimum absolute atomic E-state index is 0.0252. The highest BCUT2D eigenvalue weighted by Crippen LogP contribution is 2.21. The van der Waals surface area contributed by atoms with Crippen LogP contribution in [0.2, 0.25) is 0 Å². The molecular formula is C18H29N3O2. The predicted octanol–water partition coefficient (Wildman–Crippen LogP) is 3.38. The van der Waals surface area contributed by atoms with Crippen LogP contribution in [0.3, 0.4) is 0 Å². The molecule has 5 heteroatoms. The molecular weight excluding hydrogens is 290 g/mol. The maximum Gasteiger partial charge on any atom is 0.317 e. The van der Waals surface area contributed by atoms with Gasteiger partial charge in [-0.3, -0.25) is 4.79 Å². The van der Waals surface area contributed by atoms with Gasteiger partial charge in [-0.25, -0.2) is 4.79 Å². The van der Waals surface area contributed by atoms with Crippen molar-refractivity contribution in [3.63, 3.8) is 0 Å². The van der Waals surface area contributed by atoms with Crippen LogP contribution >= 0.6 is 0 Å². The number of aryl methyl sites for hydroxylation is 3.